The second-order valence-electron chi connectivity index (χ2n) is 9.22. The highest BCUT2D eigenvalue weighted by Gasteiger charge is 2.41. The SMILES string of the molecule is O=C(CCC1NC(C2CCC([N+](=O)[O-])O2)NO1)NCCCNC1NNC(=O)C2CCCCC12. The number of fused-ring (bicyclic) bond motifs is 1. The first-order chi connectivity index (χ1) is 16.0. The maximum atomic E-state index is 12.1. The van der Waals surface area contributed by atoms with Crippen LogP contribution >= 0.6 is 0 Å². The predicted molar refractivity (Wildman–Crippen MR) is 115 cm³/mol. The van der Waals surface area contributed by atoms with Crippen molar-refractivity contribution in [3.8, 4) is 0 Å². The van der Waals surface area contributed by atoms with Crippen molar-refractivity contribution in [3.05, 3.63) is 10.1 Å². The molecule has 3 saturated heterocycles. The Kier molecular flexibility index (Phi) is 8.44. The number of hydrogen-bond donors (Lipinski definition) is 6. The molecule has 0 spiro atoms. The molecule has 3 aliphatic heterocycles. The number of rotatable bonds is 10. The highest BCUT2D eigenvalue weighted by atomic mass is 16.7. The summed E-state index contributed by atoms with van der Waals surface area (Å²) >= 11 is 0. The summed E-state index contributed by atoms with van der Waals surface area (Å²) in [4.78, 5) is 40.0. The standard InChI is InChI=1S/C20H35N7O6/c28-15(7-8-16-23-19(26-33-16)14-6-9-17(32-14)27(30)31)21-10-3-11-22-18-12-4-1-2-5-13(12)20(29)25-24-18/h12-14,16-19,22-24,26H,1-11H2,(H,21,28)(H,25,29). The topological polar surface area (TPSA) is 168 Å². The van der Waals surface area contributed by atoms with Crippen molar-refractivity contribution in [2.45, 2.75) is 88.7 Å². The van der Waals surface area contributed by atoms with E-state index in [0.29, 0.717) is 38.1 Å². The van der Waals surface area contributed by atoms with Crippen LogP contribution in [0.1, 0.15) is 57.8 Å². The van der Waals surface area contributed by atoms with Crippen LogP contribution in [0.15, 0.2) is 0 Å². The molecule has 33 heavy (non-hydrogen) atoms. The molecule has 0 radical (unpaired) electrons. The fourth-order valence-corrected chi connectivity index (χ4v) is 5.15. The summed E-state index contributed by atoms with van der Waals surface area (Å²) in [6.45, 7) is 1.31. The van der Waals surface area contributed by atoms with Crippen LogP contribution in [0.25, 0.3) is 0 Å². The molecule has 0 aromatic heterocycles. The van der Waals surface area contributed by atoms with Gasteiger partial charge in [-0.25, -0.2) is 5.43 Å². The zero-order chi connectivity index (χ0) is 23.2. The van der Waals surface area contributed by atoms with Gasteiger partial charge in [0.15, 0.2) is 0 Å². The lowest BCUT2D eigenvalue weighted by Gasteiger charge is -2.41. The highest BCUT2D eigenvalue weighted by molar-refractivity contribution is 5.79. The van der Waals surface area contributed by atoms with Gasteiger partial charge in [-0.3, -0.25) is 35.3 Å². The molecule has 0 aromatic rings. The number of hydroxylamine groups is 1. The van der Waals surface area contributed by atoms with Crippen LogP contribution in [0, 0.1) is 22.0 Å². The van der Waals surface area contributed by atoms with E-state index in [1.807, 2.05) is 0 Å². The average Bonchev–Trinajstić information content (AvgIpc) is 3.49. The number of nitrogens with zero attached hydrogens (tertiary/aromatic N) is 1. The van der Waals surface area contributed by atoms with Crippen LogP contribution in [-0.2, 0) is 19.2 Å². The fraction of sp³-hybridized carbons (Fsp3) is 0.900. The number of hydrogen-bond acceptors (Lipinski definition) is 10. The highest BCUT2D eigenvalue weighted by Crippen LogP contribution is 2.33. The van der Waals surface area contributed by atoms with E-state index in [9.17, 15) is 19.7 Å². The van der Waals surface area contributed by atoms with Gasteiger partial charge in [0.25, 0.3) is 0 Å². The molecule has 186 valence electrons. The van der Waals surface area contributed by atoms with Crippen molar-refractivity contribution >= 4 is 11.8 Å². The molecule has 3 heterocycles. The van der Waals surface area contributed by atoms with E-state index in [2.05, 4.69) is 32.3 Å². The Hall–Kier alpha value is -1.90. The first-order valence-electron chi connectivity index (χ1n) is 12.0. The molecule has 7 unspecified atom stereocenters. The number of ether oxygens (including phenoxy) is 1. The van der Waals surface area contributed by atoms with E-state index in [4.69, 9.17) is 9.57 Å². The van der Waals surface area contributed by atoms with Crippen molar-refractivity contribution in [1.29, 1.82) is 0 Å². The molecule has 7 atom stereocenters. The van der Waals surface area contributed by atoms with Crippen molar-refractivity contribution < 1.29 is 24.1 Å². The van der Waals surface area contributed by atoms with Crippen LogP contribution in [0.2, 0.25) is 0 Å². The van der Waals surface area contributed by atoms with Crippen LogP contribution in [0.3, 0.4) is 0 Å². The largest absolute Gasteiger partial charge is 0.356 e. The Balaban J connectivity index is 1.05. The zero-order valence-corrected chi connectivity index (χ0v) is 18.7. The summed E-state index contributed by atoms with van der Waals surface area (Å²) in [5.74, 6) is 0.458. The Morgan fingerprint density at radius 3 is 2.85 bits per heavy atom. The van der Waals surface area contributed by atoms with Gasteiger partial charge >= 0.3 is 6.23 Å². The minimum atomic E-state index is -0.963. The van der Waals surface area contributed by atoms with Gasteiger partial charge in [0, 0.05) is 31.2 Å². The zero-order valence-electron chi connectivity index (χ0n) is 18.7. The summed E-state index contributed by atoms with van der Waals surface area (Å²) < 4.78 is 5.42. The van der Waals surface area contributed by atoms with Gasteiger partial charge in [0.05, 0.1) is 17.2 Å². The molecule has 13 nitrogen and oxygen atoms in total. The monoisotopic (exact) mass is 469 g/mol. The van der Waals surface area contributed by atoms with Crippen molar-refractivity contribution in [3.63, 3.8) is 0 Å². The van der Waals surface area contributed by atoms with E-state index in [-0.39, 0.29) is 42.4 Å². The molecule has 1 aliphatic carbocycles. The first kappa shape index (κ1) is 24.2. The Morgan fingerprint density at radius 2 is 2.03 bits per heavy atom. The van der Waals surface area contributed by atoms with Crippen molar-refractivity contribution in [2.24, 2.45) is 11.8 Å². The number of nitrogens with one attached hydrogen (secondary N) is 6. The number of carbonyl (C=O) groups excluding carboxylic acids is 2. The molecule has 0 bridgehead atoms. The van der Waals surface area contributed by atoms with Crippen molar-refractivity contribution in [2.75, 3.05) is 13.1 Å². The lowest BCUT2D eigenvalue weighted by molar-refractivity contribution is -0.571. The Bertz CT molecular complexity index is 712. The smallest absolute Gasteiger partial charge is 0.315 e. The summed E-state index contributed by atoms with van der Waals surface area (Å²) in [5.41, 5.74) is 8.68. The van der Waals surface area contributed by atoms with Gasteiger partial charge in [-0.05, 0) is 38.6 Å². The molecule has 1 saturated carbocycles. The average molecular weight is 470 g/mol. The minimum Gasteiger partial charge on any atom is -0.356 e. The lowest BCUT2D eigenvalue weighted by atomic mass is 9.76. The second kappa shape index (κ2) is 11.5. The van der Waals surface area contributed by atoms with Gasteiger partial charge in [-0.15, -0.1) is 0 Å². The molecular formula is C20H35N7O6. The molecule has 0 aromatic carbocycles. The van der Waals surface area contributed by atoms with E-state index in [1.54, 1.807) is 0 Å². The first-order valence-corrected chi connectivity index (χ1v) is 12.0. The van der Waals surface area contributed by atoms with Crippen molar-refractivity contribution in [1.82, 2.24) is 32.3 Å². The lowest BCUT2D eigenvalue weighted by Crippen LogP contribution is -2.64. The van der Waals surface area contributed by atoms with E-state index in [1.165, 1.54) is 0 Å². The van der Waals surface area contributed by atoms with Gasteiger partial charge in [-0.2, -0.15) is 5.48 Å². The number of hydrazine groups is 1. The molecule has 6 N–H and O–H groups in total. The number of amides is 2. The normalized spacial score (nSPS) is 36.2. The third kappa shape index (κ3) is 6.37. The number of carbonyl (C=O) groups is 2. The molecule has 2 amide bonds. The van der Waals surface area contributed by atoms with Crippen LogP contribution in [0.4, 0.5) is 0 Å². The van der Waals surface area contributed by atoms with E-state index >= 15 is 0 Å². The Morgan fingerprint density at radius 1 is 1.18 bits per heavy atom. The maximum Gasteiger partial charge on any atom is 0.315 e. The van der Waals surface area contributed by atoms with E-state index < -0.39 is 11.2 Å². The summed E-state index contributed by atoms with van der Waals surface area (Å²) in [6, 6.07) is 0. The van der Waals surface area contributed by atoms with Gasteiger partial charge in [-0.1, -0.05) is 12.8 Å². The van der Waals surface area contributed by atoms with E-state index in [0.717, 1.165) is 38.6 Å². The second-order valence-corrected chi connectivity index (χ2v) is 9.22. The number of nitro groups is 1. The van der Waals surface area contributed by atoms with Gasteiger partial charge in [0.2, 0.25) is 11.8 Å². The summed E-state index contributed by atoms with van der Waals surface area (Å²) in [7, 11) is 0. The van der Waals surface area contributed by atoms with Crippen LogP contribution in [0.5, 0.6) is 0 Å². The van der Waals surface area contributed by atoms with Gasteiger partial charge < -0.3 is 15.4 Å². The summed E-state index contributed by atoms with van der Waals surface area (Å²) in [5, 5.41) is 20.4. The third-order valence-corrected chi connectivity index (χ3v) is 6.95. The quantitative estimate of drug-likeness (QED) is 0.135. The molecule has 4 fully saturated rings. The maximum absolute atomic E-state index is 12.1. The predicted octanol–water partition coefficient (Wildman–Crippen LogP) is -0.812. The third-order valence-electron chi connectivity index (χ3n) is 6.95. The molecular weight excluding hydrogens is 434 g/mol. The van der Waals surface area contributed by atoms with Crippen LogP contribution in [-0.4, -0.2) is 60.7 Å². The fourth-order valence-electron chi connectivity index (χ4n) is 5.15. The minimum absolute atomic E-state index is 0.0511. The molecule has 4 aliphatic rings. The molecule has 4 rings (SSSR count). The molecule has 13 heteroatoms. The Labute approximate surface area is 192 Å². The summed E-state index contributed by atoms with van der Waals surface area (Å²) in [6.07, 6.45) is 4.91. The van der Waals surface area contributed by atoms with Gasteiger partial charge in [0.1, 0.15) is 12.4 Å². The van der Waals surface area contributed by atoms with Crippen LogP contribution < -0.4 is 32.3 Å².